The lowest BCUT2D eigenvalue weighted by Gasteiger charge is -2.00. The summed E-state index contributed by atoms with van der Waals surface area (Å²) in [5, 5.41) is 0.659. The molecule has 0 aliphatic rings. The highest BCUT2D eigenvalue weighted by molar-refractivity contribution is 7.17. The first-order valence-electron chi connectivity index (χ1n) is 5.01. The maximum atomic E-state index is 11.9. The monoisotopic (exact) mass is 236 g/mol. The molecule has 0 spiro atoms. The van der Waals surface area contributed by atoms with Crippen LogP contribution in [0.5, 0.6) is 0 Å². The fraction of sp³-hybridized carbons (Fsp3) is 0.364. The van der Waals surface area contributed by atoms with Crippen molar-refractivity contribution in [3.8, 4) is 10.9 Å². The molecule has 2 aromatic rings. The fourth-order valence-corrected chi connectivity index (χ4v) is 2.40. The molecule has 2 aromatic heterocycles. The minimum atomic E-state index is -0.0171. The van der Waals surface area contributed by atoms with Crippen LogP contribution in [0.1, 0.15) is 29.2 Å². The molecule has 0 amide bonds. The van der Waals surface area contributed by atoms with Gasteiger partial charge in [-0.3, -0.25) is 4.79 Å². The maximum absolute atomic E-state index is 11.9. The third-order valence-corrected chi connectivity index (χ3v) is 3.32. The molecule has 0 unspecified atom stereocenters. The molecule has 84 valence electrons. The fourth-order valence-electron chi connectivity index (χ4n) is 1.31. The Balaban J connectivity index is 2.40. The molecule has 0 fully saturated rings. The molecule has 2 heterocycles. The van der Waals surface area contributed by atoms with E-state index in [0.717, 1.165) is 5.69 Å². The van der Waals surface area contributed by atoms with Gasteiger partial charge in [-0.05, 0) is 6.92 Å². The van der Waals surface area contributed by atoms with E-state index < -0.39 is 0 Å². The van der Waals surface area contributed by atoms with Gasteiger partial charge in [-0.1, -0.05) is 13.8 Å². The third kappa shape index (κ3) is 1.90. The number of oxazole rings is 1. The van der Waals surface area contributed by atoms with E-state index in [4.69, 9.17) is 4.42 Å². The SMILES string of the molecule is Cc1nc(-c2ncco2)sc1C(=O)C(C)C. The lowest BCUT2D eigenvalue weighted by molar-refractivity contribution is 0.0942. The van der Waals surface area contributed by atoms with Crippen LogP contribution in [-0.2, 0) is 0 Å². The van der Waals surface area contributed by atoms with Crippen molar-refractivity contribution in [2.75, 3.05) is 0 Å². The van der Waals surface area contributed by atoms with Crippen LogP contribution in [0.3, 0.4) is 0 Å². The quantitative estimate of drug-likeness (QED) is 0.769. The summed E-state index contributed by atoms with van der Waals surface area (Å²) >= 11 is 1.34. The van der Waals surface area contributed by atoms with Gasteiger partial charge in [0.2, 0.25) is 0 Å². The Morgan fingerprint density at radius 3 is 2.81 bits per heavy atom. The molecule has 0 aliphatic heterocycles. The van der Waals surface area contributed by atoms with Gasteiger partial charge in [-0.25, -0.2) is 9.97 Å². The molecule has 0 N–H and O–H groups in total. The number of aromatic nitrogens is 2. The van der Waals surface area contributed by atoms with E-state index in [9.17, 15) is 4.79 Å². The second kappa shape index (κ2) is 4.17. The number of aryl methyl sites for hydroxylation is 1. The van der Waals surface area contributed by atoms with Crippen molar-refractivity contribution in [2.24, 2.45) is 5.92 Å². The predicted octanol–water partition coefficient (Wildman–Crippen LogP) is 2.95. The summed E-state index contributed by atoms with van der Waals surface area (Å²) in [5.41, 5.74) is 0.747. The molecule has 2 rings (SSSR count). The summed E-state index contributed by atoms with van der Waals surface area (Å²) in [4.78, 5) is 20.9. The highest BCUT2D eigenvalue weighted by Crippen LogP contribution is 2.28. The second-order valence-electron chi connectivity index (χ2n) is 3.79. The Labute approximate surface area is 97.3 Å². The number of thiazole rings is 1. The van der Waals surface area contributed by atoms with Crippen LogP contribution >= 0.6 is 11.3 Å². The van der Waals surface area contributed by atoms with Gasteiger partial charge in [0.15, 0.2) is 10.8 Å². The third-order valence-electron chi connectivity index (χ3n) is 2.16. The summed E-state index contributed by atoms with van der Waals surface area (Å²) in [7, 11) is 0. The van der Waals surface area contributed by atoms with Crippen molar-refractivity contribution >= 4 is 17.1 Å². The summed E-state index contributed by atoms with van der Waals surface area (Å²) < 4.78 is 5.15. The van der Waals surface area contributed by atoms with E-state index in [0.29, 0.717) is 15.8 Å². The number of Topliss-reactive ketones (excluding diaryl/α,β-unsaturated/α-hetero) is 1. The van der Waals surface area contributed by atoms with E-state index in [2.05, 4.69) is 9.97 Å². The highest BCUT2D eigenvalue weighted by Gasteiger charge is 2.19. The van der Waals surface area contributed by atoms with Gasteiger partial charge in [0.05, 0.1) is 16.8 Å². The Hall–Kier alpha value is -1.49. The number of carbonyl (C=O) groups is 1. The van der Waals surface area contributed by atoms with Crippen molar-refractivity contribution in [3.63, 3.8) is 0 Å². The number of ketones is 1. The van der Waals surface area contributed by atoms with Crippen LogP contribution in [0, 0.1) is 12.8 Å². The van der Waals surface area contributed by atoms with Gasteiger partial charge in [0.25, 0.3) is 5.89 Å². The van der Waals surface area contributed by atoms with E-state index in [-0.39, 0.29) is 11.7 Å². The number of nitrogens with zero attached hydrogens (tertiary/aromatic N) is 2. The molecule has 0 radical (unpaired) electrons. The molecule has 4 nitrogen and oxygen atoms in total. The summed E-state index contributed by atoms with van der Waals surface area (Å²) in [6.07, 6.45) is 3.06. The molecule has 0 atom stereocenters. The molecule has 0 bridgehead atoms. The summed E-state index contributed by atoms with van der Waals surface area (Å²) in [6.45, 7) is 5.59. The van der Waals surface area contributed by atoms with Crippen molar-refractivity contribution in [1.82, 2.24) is 9.97 Å². The van der Waals surface area contributed by atoms with E-state index in [1.807, 2.05) is 20.8 Å². The number of hydrogen-bond donors (Lipinski definition) is 0. The van der Waals surface area contributed by atoms with Crippen molar-refractivity contribution in [3.05, 3.63) is 23.0 Å². The second-order valence-corrected chi connectivity index (χ2v) is 4.79. The Morgan fingerprint density at radius 2 is 2.25 bits per heavy atom. The summed E-state index contributed by atoms with van der Waals surface area (Å²) in [5.74, 6) is 0.570. The molecule has 0 aliphatic carbocycles. The number of hydrogen-bond acceptors (Lipinski definition) is 5. The lowest BCUT2D eigenvalue weighted by Crippen LogP contribution is -2.06. The van der Waals surface area contributed by atoms with Crippen molar-refractivity contribution in [2.45, 2.75) is 20.8 Å². The molecular weight excluding hydrogens is 224 g/mol. The van der Waals surface area contributed by atoms with E-state index >= 15 is 0 Å². The standard InChI is InChI=1S/C11H12N2O2S/c1-6(2)8(14)9-7(3)13-11(16-9)10-12-4-5-15-10/h4-6H,1-3H3. The van der Waals surface area contributed by atoms with Gasteiger partial charge in [-0.15, -0.1) is 11.3 Å². The predicted molar refractivity (Wildman–Crippen MR) is 61.5 cm³/mol. The molecular formula is C11H12N2O2S. The molecule has 0 aromatic carbocycles. The Kier molecular flexibility index (Phi) is 2.87. The zero-order valence-electron chi connectivity index (χ0n) is 9.35. The molecule has 5 heteroatoms. The van der Waals surface area contributed by atoms with Gasteiger partial charge >= 0.3 is 0 Å². The molecule has 16 heavy (non-hydrogen) atoms. The van der Waals surface area contributed by atoms with Crippen LogP contribution in [-0.4, -0.2) is 15.8 Å². The van der Waals surface area contributed by atoms with Crippen LogP contribution < -0.4 is 0 Å². The zero-order chi connectivity index (χ0) is 11.7. The highest BCUT2D eigenvalue weighted by atomic mass is 32.1. The Bertz CT molecular complexity index is 500. The van der Waals surface area contributed by atoms with Gasteiger partial charge < -0.3 is 4.42 Å². The van der Waals surface area contributed by atoms with Crippen LogP contribution in [0.25, 0.3) is 10.9 Å². The zero-order valence-corrected chi connectivity index (χ0v) is 10.2. The van der Waals surface area contributed by atoms with Gasteiger partial charge in [-0.2, -0.15) is 0 Å². The summed E-state index contributed by atoms with van der Waals surface area (Å²) in [6, 6.07) is 0. The first-order chi connectivity index (χ1) is 7.59. The average molecular weight is 236 g/mol. The minimum Gasteiger partial charge on any atom is -0.443 e. The van der Waals surface area contributed by atoms with Crippen LogP contribution in [0.2, 0.25) is 0 Å². The number of rotatable bonds is 3. The van der Waals surface area contributed by atoms with Gasteiger partial charge in [0.1, 0.15) is 6.26 Å². The molecule has 0 saturated carbocycles. The number of carbonyl (C=O) groups excluding carboxylic acids is 1. The van der Waals surface area contributed by atoms with E-state index in [1.165, 1.54) is 17.6 Å². The smallest absolute Gasteiger partial charge is 0.255 e. The Morgan fingerprint density at radius 1 is 1.50 bits per heavy atom. The van der Waals surface area contributed by atoms with Crippen molar-refractivity contribution in [1.29, 1.82) is 0 Å². The average Bonchev–Trinajstić information content (AvgIpc) is 2.84. The minimum absolute atomic E-state index is 0.0171. The largest absolute Gasteiger partial charge is 0.443 e. The van der Waals surface area contributed by atoms with E-state index in [1.54, 1.807) is 6.20 Å². The maximum Gasteiger partial charge on any atom is 0.255 e. The van der Waals surface area contributed by atoms with Gasteiger partial charge in [0, 0.05) is 5.92 Å². The first-order valence-corrected chi connectivity index (χ1v) is 5.82. The van der Waals surface area contributed by atoms with Crippen LogP contribution in [0.4, 0.5) is 0 Å². The van der Waals surface area contributed by atoms with Crippen LogP contribution in [0.15, 0.2) is 16.9 Å². The lowest BCUT2D eigenvalue weighted by atomic mass is 10.1. The first kappa shape index (κ1) is 11.0. The topological polar surface area (TPSA) is 56.0 Å². The normalized spacial score (nSPS) is 11.0. The van der Waals surface area contributed by atoms with Crippen molar-refractivity contribution < 1.29 is 9.21 Å². The molecule has 0 saturated heterocycles.